The molecule has 1 atom stereocenters. The number of hydrogen-bond acceptors (Lipinski definition) is 4. The number of likely N-dealkylation sites (tertiary alicyclic amines) is 2. The molecule has 2 N–H and O–H groups in total. The van der Waals surface area contributed by atoms with Gasteiger partial charge in [-0.15, -0.1) is 0 Å². The highest BCUT2D eigenvalue weighted by atomic mass is 16.3. The predicted molar refractivity (Wildman–Crippen MR) is 112 cm³/mol. The highest BCUT2D eigenvalue weighted by Crippen LogP contribution is 2.40. The van der Waals surface area contributed by atoms with Crippen LogP contribution in [-0.4, -0.2) is 57.9 Å². The Morgan fingerprint density at radius 2 is 1.93 bits per heavy atom. The zero-order valence-electron chi connectivity index (χ0n) is 17.0. The van der Waals surface area contributed by atoms with Gasteiger partial charge in [0.25, 0.3) is 11.5 Å². The number of benzene rings is 1. The van der Waals surface area contributed by atoms with E-state index in [1.54, 1.807) is 4.90 Å². The Balaban J connectivity index is 1.39. The maximum absolute atomic E-state index is 13.3. The van der Waals surface area contributed by atoms with E-state index in [1.807, 2.05) is 23.1 Å². The molecule has 2 saturated heterocycles. The van der Waals surface area contributed by atoms with Crippen LogP contribution in [0.25, 0.3) is 0 Å². The van der Waals surface area contributed by atoms with E-state index in [0.29, 0.717) is 19.5 Å². The second kappa shape index (κ2) is 8.34. The molecule has 1 unspecified atom stereocenters. The molecule has 158 valence electrons. The van der Waals surface area contributed by atoms with Crippen LogP contribution in [0.15, 0.2) is 47.4 Å². The van der Waals surface area contributed by atoms with E-state index in [0.717, 1.165) is 44.8 Å². The van der Waals surface area contributed by atoms with Crippen molar-refractivity contribution in [1.82, 2.24) is 14.8 Å². The molecule has 2 aromatic rings. The van der Waals surface area contributed by atoms with Crippen molar-refractivity contribution in [2.45, 2.75) is 32.1 Å². The van der Waals surface area contributed by atoms with Gasteiger partial charge in [0, 0.05) is 38.4 Å². The van der Waals surface area contributed by atoms with Gasteiger partial charge < -0.3 is 19.9 Å². The highest BCUT2D eigenvalue weighted by Gasteiger charge is 2.49. The van der Waals surface area contributed by atoms with Crippen molar-refractivity contribution in [3.8, 4) is 5.75 Å². The number of piperidine rings is 1. The van der Waals surface area contributed by atoms with Crippen molar-refractivity contribution in [1.29, 1.82) is 0 Å². The molecule has 0 saturated carbocycles. The molecule has 2 amide bonds. The van der Waals surface area contributed by atoms with Crippen molar-refractivity contribution in [2.24, 2.45) is 5.41 Å². The number of nitrogens with zero attached hydrogens (tertiary/aromatic N) is 2. The molecule has 3 heterocycles. The second-order valence-electron chi connectivity index (χ2n) is 8.34. The third-order valence-electron chi connectivity index (χ3n) is 6.33. The van der Waals surface area contributed by atoms with E-state index in [-0.39, 0.29) is 23.1 Å². The van der Waals surface area contributed by atoms with E-state index in [4.69, 9.17) is 0 Å². The average Bonchev–Trinajstić information content (AvgIpc) is 3.17. The number of rotatable bonds is 5. The summed E-state index contributed by atoms with van der Waals surface area (Å²) in [5.41, 5.74) is 0.346. The van der Waals surface area contributed by atoms with Crippen LogP contribution in [0.2, 0.25) is 0 Å². The summed E-state index contributed by atoms with van der Waals surface area (Å²) >= 11 is 0. The maximum Gasteiger partial charge on any atom is 0.259 e. The summed E-state index contributed by atoms with van der Waals surface area (Å²) in [6, 6.07) is 11.3. The Morgan fingerprint density at radius 3 is 2.70 bits per heavy atom. The third-order valence-corrected chi connectivity index (χ3v) is 6.33. The lowest BCUT2D eigenvalue weighted by Crippen LogP contribution is -2.50. The minimum Gasteiger partial charge on any atom is -0.507 e. The fourth-order valence-corrected chi connectivity index (χ4v) is 4.71. The van der Waals surface area contributed by atoms with Gasteiger partial charge in [-0.3, -0.25) is 14.4 Å². The number of aryl methyl sites for hydroxylation is 1. The Morgan fingerprint density at radius 1 is 1.13 bits per heavy atom. The summed E-state index contributed by atoms with van der Waals surface area (Å²) in [4.78, 5) is 43.4. The largest absolute Gasteiger partial charge is 0.507 e. The monoisotopic (exact) mass is 409 g/mol. The number of hydrogen-bond donors (Lipinski definition) is 2. The van der Waals surface area contributed by atoms with Gasteiger partial charge in [-0.2, -0.15) is 0 Å². The Hall–Kier alpha value is -3.09. The lowest BCUT2D eigenvalue weighted by Gasteiger charge is -2.39. The number of aromatic hydroxyl groups is 1. The molecule has 1 aromatic heterocycles. The second-order valence-corrected chi connectivity index (χ2v) is 8.34. The third kappa shape index (κ3) is 3.97. The molecule has 7 nitrogen and oxygen atoms in total. The van der Waals surface area contributed by atoms with Crippen LogP contribution in [0, 0.1) is 5.41 Å². The van der Waals surface area contributed by atoms with Crippen molar-refractivity contribution >= 4 is 11.8 Å². The van der Waals surface area contributed by atoms with Crippen molar-refractivity contribution in [3.63, 3.8) is 0 Å². The summed E-state index contributed by atoms with van der Waals surface area (Å²) in [7, 11) is 0. The van der Waals surface area contributed by atoms with Crippen molar-refractivity contribution in [3.05, 3.63) is 64.1 Å². The van der Waals surface area contributed by atoms with E-state index in [9.17, 15) is 19.5 Å². The van der Waals surface area contributed by atoms with Gasteiger partial charge in [0.1, 0.15) is 5.75 Å². The molecule has 0 radical (unpaired) electrons. The summed E-state index contributed by atoms with van der Waals surface area (Å²) < 4.78 is 0. The van der Waals surface area contributed by atoms with E-state index < -0.39 is 11.0 Å². The minimum atomic E-state index is -0.529. The first-order valence-corrected chi connectivity index (χ1v) is 10.5. The Kier molecular flexibility index (Phi) is 5.61. The van der Waals surface area contributed by atoms with E-state index in [1.165, 1.54) is 11.8 Å². The zero-order valence-corrected chi connectivity index (χ0v) is 17.0. The SMILES string of the molecule is O=C(c1c[nH]c(=O)cc1O)N1CCC2(CCCN(CCCc3ccccc3)C2=O)C1. The smallest absolute Gasteiger partial charge is 0.259 e. The molecule has 0 bridgehead atoms. The van der Waals surface area contributed by atoms with E-state index >= 15 is 0 Å². The van der Waals surface area contributed by atoms with Gasteiger partial charge in [0.2, 0.25) is 5.91 Å². The molecule has 2 aliphatic heterocycles. The number of H-pyrrole nitrogens is 1. The molecule has 7 heteroatoms. The number of aromatic nitrogens is 1. The van der Waals surface area contributed by atoms with Crippen LogP contribution in [-0.2, 0) is 11.2 Å². The maximum atomic E-state index is 13.3. The van der Waals surface area contributed by atoms with E-state index in [2.05, 4.69) is 17.1 Å². The average molecular weight is 409 g/mol. The van der Waals surface area contributed by atoms with Gasteiger partial charge in [0.15, 0.2) is 0 Å². The zero-order chi connectivity index (χ0) is 21.1. The number of pyridine rings is 1. The van der Waals surface area contributed by atoms with Gasteiger partial charge in [0.05, 0.1) is 11.0 Å². The van der Waals surface area contributed by atoms with Gasteiger partial charge in [-0.05, 0) is 37.7 Å². The number of aromatic amines is 1. The highest BCUT2D eigenvalue weighted by molar-refractivity contribution is 5.97. The molecule has 1 spiro atoms. The van der Waals surface area contributed by atoms with Crippen LogP contribution in [0.4, 0.5) is 0 Å². The fourth-order valence-electron chi connectivity index (χ4n) is 4.71. The van der Waals surface area contributed by atoms with Crippen LogP contribution in [0.3, 0.4) is 0 Å². The topological polar surface area (TPSA) is 93.7 Å². The summed E-state index contributed by atoms with van der Waals surface area (Å²) in [5, 5.41) is 9.97. The first-order chi connectivity index (χ1) is 14.5. The van der Waals surface area contributed by atoms with Crippen LogP contribution < -0.4 is 5.56 Å². The predicted octanol–water partition coefficient (Wildman–Crippen LogP) is 2.17. The number of carbonyl (C=O) groups excluding carboxylic acids is 2. The van der Waals surface area contributed by atoms with Crippen LogP contribution in [0.1, 0.15) is 41.6 Å². The Bertz CT molecular complexity index is 987. The molecule has 0 aliphatic carbocycles. The molecule has 2 fully saturated rings. The quantitative estimate of drug-likeness (QED) is 0.791. The van der Waals surface area contributed by atoms with Crippen LogP contribution in [0.5, 0.6) is 5.75 Å². The summed E-state index contributed by atoms with van der Waals surface area (Å²) in [6.45, 7) is 2.33. The fraction of sp³-hybridized carbons (Fsp3) is 0.435. The van der Waals surface area contributed by atoms with Gasteiger partial charge in [-0.25, -0.2) is 0 Å². The van der Waals surface area contributed by atoms with Crippen molar-refractivity contribution < 1.29 is 14.7 Å². The van der Waals surface area contributed by atoms with Gasteiger partial charge >= 0.3 is 0 Å². The van der Waals surface area contributed by atoms with Crippen molar-refractivity contribution in [2.75, 3.05) is 26.2 Å². The molecule has 2 aliphatic rings. The van der Waals surface area contributed by atoms with Gasteiger partial charge in [-0.1, -0.05) is 30.3 Å². The first-order valence-electron chi connectivity index (χ1n) is 10.5. The number of carbonyl (C=O) groups is 2. The standard InChI is InChI=1S/C23H27N3O4/c27-19-14-20(28)24-15-18(19)21(29)26-13-10-23(16-26)9-5-12-25(22(23)30)11-4-8-17-6-2-1-3-7-17/h1-3,6-7,14-15H,4-5,8-13,16H2,(H2,24,27,28). The summed E-state index contributed by atoms with van der Waals surface area (Å²) in [6.07, 6.45) is 5.44. The molecule has 30 heavy (non-hydrogen) atoms. The number of nitrogens with one attached hydrogen (secondary N) is 1. The lowest BCUT2D eigenvalue weighted by molar-refractivity contribution is -0.145. The molecule has 4 rings (SSSR count). The molecule has 1 aromatic carbocycles. The summed E-state index contributed by atoms with van der Waals surface area (Å²) in [5.74, 6) is -0.542. The number of amides is 2. The Labute approximate surface area is 175 Å². The first kappa shape index (κ1) is 20.2. The minimum absolute atomic E-state index is 0.0645. The van der Waals surface area contributed by atoms with Crippen LogP contribution >= 0.6 is 0 Å². The molecular weight excluding hydrogens is 382 g/mol. The normalized spacial score (nSPS) is 21.4. The molecular formula is C23H27N3O4. The lowest BCUT2D eigenvalue weighted by atomic mass is 9.78.